The van der Waals surface area contributed by atoms with E-state index in [9.17, 15) is 4.79 Å². The van der Waals surface area contributed by atoms with Gasteiger partial charge in [0, 0.05) is 5.56 Å². The number of rotatable bonds is 6. The first kappa shape index (κ1) is 16.8. The summed E-state index contributed by atoms with van der Waals surface area (Å²) in [6, 6.07) is 23.0. The van der Waals surface area contributed by atoms with E-state index >= 15 is 0 Å². The van der Waals surface area contributed by atoms with Gasteiger partial charge in [-0.15, -0.1) is 0 Å². The van der Waals surface area contributed by atoms with Crippen molar-refractivity contribution in [2.24, 2.45) is 0 Å². The predicted molar refractivity (Wildman–Crippen MR) is 98.7 cm³/mol. The van der Waals surface area contributed by atoms with Crippen LogP contribution in [-0.4, -0.2) is 20.0 Å². The van der Waals surface area contributed by atoms with Crippen LogP contribution in [0.3, 0.4) is 0 Å². The highest BCUT2D eigenvalue weighted by Crippen LogP contribution is 2.22. The van der Waals surface area contributed by atoms with Gasteiger partial charge in [-0.25, -0.2) is 0 Å². The third-order valence-electron chi connectivity index (χ3n) is 4.14. The topological polar surface area (TPSA) is 35.5 Å². The Hall–Kier alpha value is -3.07. The molecule has 3 rings (SSSR count). The van der Waals surface area contributed by atoms with Gasteiger partial charge in [0.05, 0.1) is 19.8 Å². The minimum Gasteiger partial charge on any atom is -0.497 e. The highest BCUT2D eigenvalue weighted by Gasteiger charge is 2.13. The molecule has 3 aromatic rings. The Bertz CT molecular complexity index is 849. The molecule has 25 heavy (non-hydrogen) atoms. The minimum absolute atomic E-state index is 0.0338. The molecule has 0 aliphatic rings. The fraction of sp³-hybridized carbons (Fsp3) is 0.136. The molecule has 0 aromatic heterocycles. The summed E-state index contributed by atoms with van der Waals surface area (Å²) in [7, 11) is 3.23. The Balaban J connectivity index is 1.76. The van der Waals surface area contributed by atoms with Crippen LogP contribution in [0, 0.1) is 0 Å². The maximum Gasteiger partial charge on any atom is 0.196 e. The van der Waals surface area contributed by atoms with Crippen molar-refractivity contribution in [3.05, 3.63) is 95.1 Å². The molecular formula is C22H20O3. The Labute approximate surface area is 147 Å². The van der Waals surface area contributed by atoms with E-state index in [1.165, 1.54) is 5.56 Å². The maximum atomic E-state index is 12.7. The standard InChI is InChI=1S/C22H20O3/c1-24-19-13-9-17(10-14-19)15-16-7-11-18(12-8-16)22(23)20-5-3-4-6-21(20)25-2/h3-14H,15H2,1-2H3. The highest BCUT2D eigenvalue weighted by molar-refractivity contribution is 6.10. The Morgan fingerprint density at radius 1 is 0.760 bits per heavy atom. The Morgan fingerprint density at radius 2 is 1.36 bits per heavy atom. The molecule has 0 saturated carbocycles. The van der Waals surface area contributed by atoms with Crippen LogP contribution < -0.4 is 9.47 Å². The van der Waals surface area contributed by atoms with Gasteiger partial charge in [-0.1, -0.05) is 48.5 Å². The number of hydrogen-bond donors (Lipinski definition) is 0. The fourth-order valence-electron chi connectivity index (χ4n) is 2.74. The smallest absolute Gasteiger partial charge is 0.196 e. The van der Waals surface area contributed by atoms with Gasteiger partial charge in [-0.05, 0) is 41.8 Å². The van der Waals surface area contributed by atoms with Gasteiger partial charge in [0.2, 0.25) is 0 Å². The summed E-state index contributed by atoms with van der Waals surface area (Å²) in [5, 5.41) is 0. The largest absolute Gasteiger partial charge is 0.497 e. The third-order valence-corrected chi connectivity index (χ3v) is 4.14. The molecule has 3 heteroatoms. The molecule has 3 aromatic carbocycles. The average Bonchev–Trinajstić information content (AvgIpc) is 2.68. The lowest BCUT2D eigenvalue weighted by Gasteiger charge is -2.08. The lowest BCUT2D eigenvalue weighted by atomic mass is 9.99. The van der Waals surface area contributed by atoms with Gasteiger partial charge in [0.25, 0.3) is 0 Å². The molecule has 0 amide bonds. The maximum absolute atomic E-state index is 12.7. The van der Waals surface area contributed by atoms with E-state index in [0.717, 1.165) is 17.7 Å². The van der Waals surface area contributed by atoms with Crippen LogP contribution >= 0.6 is 0 Å². The first-order valence-electron chi connectivity index (χ1n) is 8.11. The van der Waals surface area contributed by atoms with Crippen LogP contribution in [0.2, 0.25) is 0 Å². The van der Waals surface area contributed by atoms with Gasteiger partial charge in [-0.3, -0.25) is 4.79 Å². The van der Waals surface area contributed by atoms with Gasteiger partial charge in [0.15, 0.2) is 5.78 Å². The van der Waals surface area contributed by atoms with E-state index in [1.807, 2.05) is 60.7 Å². The van der Waals surface area contributed by atoms with Crippen molar-refractivity contribution in [2.45, 2.75) is 6.42 Å². The lowest BCUT2D eigenvalue weighted by Crippen LogP contribution is -2.04. The molecule has 0 aliphatic heterocycles. The van der Waals surface area contributed by atoms with E-state index < -0.39 is 0 Å². The summed E-state index contributed by atoms with van der Waals surface area (Å²) in [5.41, 5.74) is 3.59. The molecule has 126 valence electrons. The van der Waals surface area contributed by atoms with Crippen LogP contribution in [0.25, 0.3) is 0 Å². The molecule has 0 bridgehead atoms. The Kier molecular flexibility index (Phi) is 5.14. The molecule has 0 unspecified atom stereocenters. The number of carbonyl (C=O) groups excluding carboxylic acids is 1. The predicted octanol–water partition coefficient (Wildman–Crippen LogP) is 4.53. The van der Waals surface area contributed by atoms with E-state index in [1.54, 1.807) is 26.4 Å². The highest BCUT2D eigenvalue weighted by atomic mass is 16.5. The quantitative estimate of drug-likeness (QED) is 0.622. The normalized spacial score (nSPS) is 10.3. The molecule has 0 saturated heterocycles. The summed E-state index contributed by atoms with van der Waals surface area (Å²) in [6.07, 6.45) is 0.813. The fourth-order valence-corrected chi connectivity index (χ4v) is 2.74. The number of para-hydroxylation sites is 1. The van der Waals surface area contributed by atoms with Crippen molar-refractivity contribution in [2.75, 3.05) is 14.2 Å². The molecule has 0 heterocycles. The van der Waals surface area contributed by atoms with Crippen molar-refractivity contribution in [1.29, 1.82) is 0 Å². The van der Waals surface area contributed by atoms with E-state index in [2.05, 4.69) is 0 Å². The van der Waals surface area contributed by atoms with E-state index in [0.29, 0.717) is 16.9 Å². The summed E-state index contributed by atoms with van der Waals surface area (Å²) >= 11 is 0. The number of methoxy groups -OCH3 is 2. The first-order chi connectivity index (χ1) is 12.2. The van der Waals surface area contributed by atoms with Crippen molar-refractivity contribution < 1.29 is 14.3 Å². The zero-order valence-corrected chi connectivity index (χ0v) is 14.4. The van der Waals surface area contributed by atoms with Crippen molar-refractivity contribution in [3.63, 3.8) is 0 Å². The average molecular weight is 332 g/mol. The molecule has 0 radical (unpaired) electrons. The number of benzene rings is 3. The summed E-state index contributed by atoms with van der Waals surface area (Å²) in [6.45, 7) is 0. The second kappa shape index (κ2) is 7.67. The monoisotopic (exact) mass is 332 g/mol. The third kappa shape index (κ3) is 3.89. The molecule has 0 aliphatic carbocycles. The summed E-state index contributed by atoms with van der Waals surface area (Å²) in [4.78, 5) is 12.7. The number of hydrogen-bond acceptors (Lipinski definition) is 3. The summed E-state index contributed by atoms with van der Waals surface area (Å²) < 4.78 is 10.5. The molecule has 0 fully saturated rings. The van der Waals surface area contributed by atoms with Crippen LogP contribution in [0.15, 0.2) is 72.8 Å². The zero-order chi connectivity index (χ0) is 17.6. The SMILES string of the molecule is COc1ccc(Cc2ccc(C(=O)c3ccccc3OC)cc2)cc1. The van der Waals surface area contributed by atoms with Crippen LogP contribution in [0.5, 0.6) is 11.5 Å². The molecule has 0 atom stereocenters. The molecule has 3 nitrogen and oxygen atoms in total. The van der Waals surface area contributed by atoms with E-state index in [-0.39, 0.29) is 5.78 Å². The number of ether oxygens (including phenoxy) is 2. The second-order valence-electron chi connectivity index (χ2n) is 5.75. The van der Waals surface area contributed by atoms with Crippen LogP contribution in [-0.2, 0) is 6.42 Å². The van der Waals surface area contributed by atoms with E-state index in [4.69, 9.17) is 9.47 Å². The minimum atomic E-state index is -0.0338. The number of ketones is 1. The number of carbonyl (C=O) groups is 1. The molecular weight excluding hydrogens is 312 g/mol. The van der Waals surface area contributed by atoms with Gasteiger partial charge in [0.1, 0.15) is 11.5 Å². The Morgan fingerprint density at radius 3 is 1.96 bits per heavy atom. The second-order valence-corrected chi connectivity index (χ2v) is 5.75. The van der Waals surface area contributed by atoms with Crippen molar-refractivity contribution in [3.8, 4) is 11.5 Å². The van der Waals surface area contributed by atoms with Gasteiger partial charge < -0.3 is 9.47 Å². The zero-order valence-electron chi connectivity index (χ0n) is 14.4. The molecule has 0 spiro atoms. The summed E-state index contributed by atoms with van der Waals surface area (Å²) in [5.74, 6) is 1.41. The molecule has 0 N–H and O–H groups in total. The van der Waals surface area contributed by atoms with Gasteiger partial charge in [-0.2, -0.15) is 0 Å². The first-order valence-corrected chi connectivity index (χ1v) is 8.11. The van der Waals surface area contributed by atoms with Crippen molar-refractivity contribution >= 4 is 5.78 Å². The van der Waals surface area contributed by atoms with Crippen LogP contribution in [0.4, 0.5) is 0 Å². The lowest BCUT2D eigenvalue weighted by molar-refractivity contribution is 0.103. The van der Waals surface area contributed by atoms with Crippen LogP contribution in [0.1, 0.15) is 27.0 Å². The van der Waals surface area contributed by atoms with Gasteiger partial charge >= 0.3 is 0 Å². The van der Waals surface area contributed by atoms with Crippen molar-refractivity contribution in [1.82, 2.24) is 0 Å².